The van der Waals surface area contributed by atoms with Crippen molar-refractivity contribution >= 4 is 16.0 Å². The van der Waals surface area contributed by atoms with Crippen LogP contribution < -0.4 is 5.14 Å². The highest BCUT2D eigenvalue weighted by Crippen LogP contribution is 2.38. The SMILES string of the molecule is COC(=O)C1=C(S(N)(=O)=O)C=CCC1(C)C. The Morgan fingerprint density at radius 3 is 2.50 bits per heavy atom. The second-order valence-corrected chi connectivity index (χ2v) is 5.80. The minimum atomic E-state index is -3.91. The van der Waals surface area contributed by atoms with Crippen molar-refractivity contribution in [1.29, 1.82) is 0 Å². The average Bonchev–Trinajstić information content (AvgIpc) is 2.13. The first-order chi connectivity index (χ1) is 7.20. The quantitative estimate of drug-likeness (QED) is 0.725. The molecule has 0 aromatic rings. The van der Waals surface area contributed by atoms with Crippen LogP contribution in [0.4, 0.5) is 0 Å². The second kappa shape index (κ2) is 4.03. The summed E-state index contributed by atoms with van der Waals surface area (Å²) in [6, 6.07) is 0. The maximum Gasteiger partial charge on any atom is 0.335 e. The van der Waals surface area contributed by atoms with Crippen LogP contribution in [0.1, 0.15) is 20.3 Å². The molecule has 0 unspecified atom stereocenters. The van der Waals surface area contributed by atoms with Gasteiger partial charge in [0.2, 0.25) is 10.0 Å². The van der Waals surface area contributed by atoms with Gasteiger partial charge in [0, 0.05) is 5.41 Å². The van der Waals surface area contributed by atoms with Crippen molar-refractivity contribution < 1.29 is 17.9 Å². The van der Waals surface area contributed by atoms with Gasteiger partial charge in [-0.2, -0.15) is 0 Å². The molecule has 0 spiro atoms. The van der Waals surface area contributed by atoms with E-state index in [0.29, 0.717) is 6.42 Å². The van der Waals surface area contributed by atoms with Crippen LogP contribution in [0, 0.1) is 5.41 Å². The van der Waals surface area contributed by atoms with Crippen molar-refractivity contribution in [2.45, 2.75) is 20.3 Å². The number of rotatable bonds is 2. The van der Waals surface area contributed by atoms with E-state index in [1.54, 1.807) is 19.9 Å². The van der Waals surface area contributed by atoms with Crippen molar-refractivity contribution in [2.24, 2.45) is 10.6 Å². The molecule has 0 radical (unpaired) electrons. The largest absolute Gasteiger partial charge is 0.466 e. The predicted molar refractivity (Wildman–Crippen MR) is 59.7 cm³/mol. The molecular formula is C10H15NO4S. The molecular weight excluding hydrogens is 230 g/mol. The van der Waals surface area contributed by atoms with E-state index in [0.717, 1.165) is 0 Å². The highest BCUT2D eigenvalue weighted by molar-refractivity contribution is 7.93. The molecule has 0 heterocycles. The highest BCUT2D eigenvalue weighted by atomic mass is 32.2. The van der Waals surface area contributed by atoms with Gasteiger partial charge in [-0.25, -0.2) is 18.4 Å². The molecule has 0 bridgehead atoms. The first-order valence-electron chi connectivity index (χ1n) is 4.72. The van der Waals surface area contributed by atoms with Gasteiger partial charge in [0.05, 0.1) is 17.6 Å². The first-order valence-corrected chi connectivity index (χ1v) is 6.27. The summed E-state index contributed by atoms with van der Waals surface area (Å²) in [5.41, 5.74) is -0.483. The zero-order valence-electron chi connectivity index (χ0n) is 9.48. The number of carbonyl (C=O) groups excluding carboxylic acids is 1. The molecule has 0 aromatic carbocycles. The third-order valence-corrected chi connectivity index (χ3v) is 3.47. The lowest BCUT2D eigenvalue weighted by Gasteiger charge is -2.29. The standard InChI is InChI=1S/C10H15NO4S/c1-10(2)6-4-5-7(16(11,13)14)8(10)9(12)15-3/h4-5H,6H2,1-3H3,(H2,11,13,14). The summed E-state index contributed by atoms with van der Waals surface area (Å²) >= 11 is 0. The number of nitrogens with two attached hydrogens (primary N) is 1. The zero-order valence-corrected chi connectivity index (χ0v) is 10.3. The van der Waals surface area contributed by atoms with Crippen LogP contribution in [0.3, 0.4) is 0 Å². The number of hydrogen-bond donors (Lipinski definition) is 1. The molecule has 1 aliphatic rings. The molecule has 0 aromatic heterocycles. The number of methoxy groups -OCH3 is 1. The van der Waals surface area contributed by atoms with Gasteiger partial charge in [0.25, 0.3) is 0 Å². The maximum absolute atomic E-state index is 11.6. The van der Waals surface area contributed by atoms with E-state index < -0.39 is 21.4 Å². The summed E-state index contributed by atoms with van der Waals surface area (Å²) < 4.78 is 27.3. The summed E-state index contributed by atoms with van der Waals surface area (Å²) in [4.78, 5) is 11.4. The molecule has 0 fully saturated rings. The first kappa shape index (κ1) is 12.9. The van der Waals surface area contributed by atoms with E-state index in [2.05, 4.69) is 4.74 Å². The lowest BCUT2D eigenvalue weighted by Crippen LogP contribution is -2.29. The number of hydrogen-bond acceptors (Lipinski definition) is 4. The Balaban J connectivity index is 3.51. The fourth-order valence-electron chi connectivity index (χ4n) is 1.70. The van der Waals surface area contributed by atoms with Crippen LogP contribution in [0.15, 0.2) is 22.6 Å². The molecule has 90 valence electrons. The van der Waals surface area contributed by atoms with E-state index in [4.69, 9.17) is 5.14 Å². The Kier molecular flexibility index (Phi) is 3.25. The van der Waals surface area contributed by atoms with Gasteiger partial charge in [0.15, 0.2) is 0 Å². The van der Waals surface area contributed by atoms with E-state index in [-0.39, 0.29) is 10.5 Å². The average molecular weight is 245 g/mol. The van der Waals surface area contributed by atoms with Crippen molar-refractivity contribution in [3.05, 3.63) is 22.6 Å². The van der Waals surface area contributed by atoms with Gasteiger partial charge in [-0.1, -0.05) is 19.9 Å². The third-order valence-electron chi connectivity index (χ3n) is 2.52. The summed E-state index contributed by atoms with van der Waals surface area (Å²) in [5.74, 6) is -0.654. The van der Waals surface area contributed by atoms with Gasteiger partial charge >= 0.3 is 5.97 Å². The summed E-state index contributed by atoms with van der Waals surface area (Å²) in [7, 11) is -2.70. The Morgan fingerprint density at radius 1 is 1.50 bits per heavy atom. The van der Waals surface area contributed by atoms with Crippen molar-refractivity contribution in [3.63, 3.8) is 0 Å². The lowest BCUT2D eigenvalue weighted by atomic mass is 9.78. The Bertz CT molecular complexity index is 471. The molecule has 0 atom stereocenters. The predicted octanol–water partition coefficient (Wildman–Crippen LogP) is 0.688. The van der Waals surface area contributed by atoms with Crippen LogP contribution in [0.2, 0.25) is 0 Å². The topological polar surface area (TPSA) is 86.5 Å². The Morgan fingerprint density at radius 2 is 2.06 bits per heavy atom. The molecule has 0 aliphatic heterocycles. The minimum absolute atomic E-state index is 0.111. The summed E-state index contributed by atoms with van der Waals surface area (Å²) in [6.45, 7) is 3.54. The molecule has 16 heavy (non-hydrogen) atoms. The fraction of sp³-hybridized carbons (Fsp3) is 0.500. The minimum Gasteiger partial charge on any atom is -0.466 e. The van der Waals surface area contributed by atoms with Gasteiger partial charge in [-0.15, -0.1) is 0 Å². The molecule has 1 aliphatic carbocycles. The fourth-order valence-corrected chi connectivity index (χ4v) is 2.63. The number of sulfonamides is 1. The van der Waals surface area contributed by atoms with Crippen molar-refractivity contribution in [2.75, 3.05) is 7.11 Å². The molecule has 5 nitrogen and oxygen atoms in total. The van der Waals surface area contributed by atoms with E-state index in [9.17, 15) is 13.2 Å². The number of allylic oxidation sites excluding steroid dienone is 2. The van der Waals surface area contributed by atoms with Crippen molar-refractivity contribution in [3.8, 4) is 0 Å². The second-order valence-electron chi connectivity index (χ2n) is 4.27. The third kappa shape index (κ3) is 2.33. The molecule has 1 rings (SSSR count). The zero-order chi connectivity index (χ0) is 12.6. The van der Waals surface area contributed by atoms with Gasteiger partial charge in [-0.05, 0) is 12.5 Å². The van der Waals surface area contributed by atoms with Gasteiger partial charge < -0.3 is 4.74 Å². The Hall–Kier alpha value is -1.14. The summed E-state index contributed by atoms with van der Waals surface area (Å²) in [5, 5.41) is 5.07. The number of primary sulfonamides is 1. The monoisotopic (exact) mass is 245 g/mol. The van der Waals surface area contributed by atoms with E-state index in [1.165, 1.54) is 13.2 Å². The van der Waals surface area contributed by atoms with Crippen LogP contribution in [0.5, 0.6) is 0 Å². The smallest absolute Gasteiger partial charge is 0.335 e. The summed E-state index contributed by atoms with van der Waals surface area (Å²) in [6.07, 6.45) is 3.61. The molecule has 0 saturated heterocycles. The number of esters is 1. The van der Waals surface area contributed by atoms with Crippen LogP contribution >= 0.6 is 0 Å². The van der Waals surface area contributed by atoms with E-state index in [1.807, 2.05) is 0 Å². The molecule has 0 saturated carbocycles. The molecule has 0 amide bonds. The number of ether oxygens (including phenoxy) is 1. The highest BCUT2D eigenvalue weighted by Gasteiger charge is 2.36. The van der Waals surface area contributed by atoms with Gasteiger partial charge in [-0.3, -0.25) is 0 Å². The van der Waals surface area contributed by atoms with E-state index >= 15 is 0 Å². The Labute approximate surface area is 95.0 Å². The normalized spacial score (nSPS) is 19.8. The van der Waals surface area contributed by atoms with Gasteiger partial charge in [0.1, 0.15) is 0 Å². The molecule has 2 N–H and O–H groups in total. The molecule has 6 heteroatoms. The van der Waals surface area contributed by atoms with Crippen LogP contribution in [0.25, 0.3) is 0 Å². The van der Waals surface area contributed by atoms with Crippen LogP contribution in [-0.2, 0) is 19.6 Å². The van der Waals surface area contributed by atoms with Crippen molar-refractivity contribution in [1.82, 2.24) is 0 Å². The maximum atomic E-state index is 11.6. The lowest BCUT2D eigenvalue weighted by molar-refractivity contribution is -0.137. The van der Waals surface area contributed by atoms with Crippen LogP contribution in [-0.4, -0.2) is 21.5 Å². The number of carbonyl (C=O) groups is 1.